The van der Waals surface area contributed by atoms with Gasteiger partial charge in [-0.05, 0) is 26.0 Å². The van der Waals surface area contributed by atoms with Crippen molar-refractivity contribution in [3.63, 3.8) is 0 Å². The molecule has 0 radical (unpaired) electrons. The molecule has 6 heteroatoms. The summed E-state index contributed by atoms with van der Waals surface area (Å²) in [5, 5.41) is 11.3. The number of amides is 2. The zero-order chi connectivity index (χ0) is 15.3. The maximum Gasteiger partial charge on any atom is 0.326 e. The van der Waals surface area contributed by atoms with E-state index in [4.69, 9.17) is 5.11 Å². The van der Waals surface area contributed by atoms with Crippen molar-refractivity contribution in [1.82, 2.24) is 10.2 Å². The van der Waals surface area contributed by atoms with Crippen LogP contribution in [0.25, 0.3) is 0 Å². The molecule has 0 aliphatic heterocycles. The number of carbonyl (C=O) groups excluding carboxylic acids is 2. The van der Waals surface area contributed by atoms with Gasteiger partial charge in [0.2, 0.25) is 5.91 Å². The molecular formula is C14H18N2O4. The molecule has 1 rings (SSSR count). The van der Waals surface area contributed by atoms with Gasteiger partial charge in [-0.2, -0.15) is 0 Å². The van der Waals surface area contributed by atoms with Gasteiger partial charge in [0.05, 0.1) is 6.54 Å². The predicted octanol–water partition coefficient (Wildman–Crippen LogP) is 0.656. The first-order valence-electron chi connectivity index (χ1n) is 6.16. The first-order valence-corrected chi connectivity index (χ1v) is 6.16. The van der Waals surface area contributed by atoms with Gasteiger partial charge in [-0.3, -0.25) is 9.59 Å². The summed E-state index contributed by atoms with van der Waals surface area (Å²) in [6, 6.07) is 6.00. The zero-order valence-electron chi connectivity index (χ0n) is 11.7. The molecule has 0 fully saturated rings. The van der Waals surface area contributed by atoms with Gasteiger partial charge in [-0.25, -0.2) is 4.79 Å². The molecule has 0 bridgehead atoms. The van der Waals surface area contributed by atoms with Crippen LogP contribution in [0.4, 0.5) is 0 Å². The topological polar surface area (TPSA) is 86.7 Å². The molecule has 0 aromatic heterocycles. The Bertz CT molecular complexity index is 510. The minimum atomic E-state index is -1.09. The lowest BCUT2D eigenvalue weighted by Gasteiger charge is -2.21. The van der Waals surface area contributed by atoms with Crippen LogP contribution in [0.15, 0.2) is 24.3 Å². The highest BCUT2D eigenvalue weighted by Gasteiger charge is 2.21. The summed E-state index contributed by atoms with van der Waals surface area (Å²) in [5.41, 5.74) is 1.49. The van der Waals surface area contributed by atoms with Gasteiger partial charge in [0, 0.05) is 12.6 Å². The van der Waals surface area contributed by atoms with Crippen LogP contribution in [0, 0.1) is 6.92 Å². The number of aliphatic carboxylic acids is 1. The van der Waals surface area contributed by atoms with Gasteiger partial charge in [0.1, 0.15) is 6.04 Å². The van der Waals surface area contributed by atoms with Crippen LogP contribution in [0.3, 0.4) is 0 Å². The number of carboxylic acid groups (broad SMARTS) is 1. The Morgan fingerprint density at radius 3 is 2.30 bits per heavy atom. The molecule has 0 aliphatic rings. The lowest BCUT2D eigenvalue weighted by atomic mass is 10.1. The molecule has 1 unspecified atom stereocenters. The number of rotatable bonds is 5. The van der Waals surface area contributed by atoms with Crippen molar-refractivity contribution in [2.75, 3.05) is 13.6 Å². The van der Waals surface area contributed by atoms with E-state index < -0.39 is 17.9 Å². The summed E-state index contributed by atoms with van der Waals surface area (Å²) in [6.45, 7) is 3.08. The molecule has 6 nitrogen and oxygen atoms in total. The fourth-order valence-corrected chi connectivity index (χ4v) is 1.47. The third kappa shape index (κ3) is 4.08. The molecule has 0 spiro atoms. The summed E-state index contributed by atoms with van der Waals surface area (Å²) >= 11 is 0. The fraction of sp³-hybridized carbons (Fsp3) is 0.357. The normalized spacial score (nSPS) is 11.6. The summed E-state index contributed by atoms with van der Waals surface area (Å²) in [5.74, 6) is -1.92. The van der Waals surface area contributed by atoms with E-state index in [0.29, 0.717) is 5.56 Å². The lowest BCUT2D eigenvalue weighted by Crippen LogP contribution is -2.45. The van der Waals surface area contributed by atoms with E-state index in [-0.39, 0.29) is 12.5 Å². The molecular weight excluding hydrogens is 260 g/mol. The Morgan fingerprint density at radius 2 is 1.80 bits per heavy atom. The number of benzene rings is 1. The SMILES string of the molecule is Cc1ccc(C(=O)NCC(=O)N(C)C(C)C(=O)O)cc1. The smallest absolute Gasteiger partial charge is 0.326 e. The molecule has 0 aliphatic carbocycles. The number of carboxylic acids is 1. The number of aryl methyl sites for hydroxylation is 1. The van der Waals surface area contributed by atoms with Gasteiger partial charge >= 0.3 is 5.97 Å². The third-order valence-corrected chi connectivity index (χ3v) is 3.05. The van der Waals surface area contributed by atoms with Crippen LogP contribution in [-0.4, -0.2) is 47.4 Å². The van der Waals surface area contributed by atoms with Crippen molar-refractivity contribution in [3.8, 4) is 0 Å². The van der Waals surface area contributed by atoms with Crippen LogP contribution in [0.2, 0.25) is 0 Å². The lowest BCUT2D eigenvalue weighted by molar-refractivity contribution is -0.147. The zero-order valence-corrected chi connectivity index (χ0v) is 11.7. The molecule has 1 atom stereocenters. The largest absolute Gasteiger partial charge is 0.480 e. The second-order valence-electron chi connectivity index (χ2n) is 4.57. The van der Waals surface area contributed by atoms with Gasteiger partial charge in [0.25, 0.3) is 5.91 Å². The van der Waals surface area contributed by atoms with Crippen molar-refractivity contribution >= 4 is 17.8 Å². The van der Waals surface area contributed by atoms with E-state index in [1.807, 2.05) is 6.92 Å². The van der Waals surface area contributed by atoms with Gasteiger partial charge in [-0.15, -0.1) is 0 Å². The van der Waals surface area contributed by atoms with E-state index in [1.54, 1.807) is 24.3 Å². The summed E-state index contributed by atoms with van der Waals surface area (Å²) in [4.78, 5) is 35.4. The first kappa shape index (κ1) is 15.7. The maximum absolute atomic E-state index is 11.8. The molecule has 108 valence electrons. The highest BCUT2D eigenvalue weighted by atomic mass is 16.4. The number of nitrogens with zero attached hydrogens (tertiary/aromatic N) is 1. The minimum Gasteiger partial charge on any atom is -0.480 e. The number of hydrogen-bond acceptors (Lipinski definition) is 3. The minimum absolute atomic E-state index is 0.235. The summed E-state index contributed by atoms with van der Waals surface area (Å²) < 4.78 is 0. The molecule has 20 heavy (non-hydrogen) atoms. The third-order valence-electron chi connectivity index (χ3n) is 3.05. The average molecular weight is 278 g/mol. The first-order chi connectivity index (χ1) is 9.32. The molecule has 0 heterocycles. The summed E-state index contributed by atoms with van der Waals surface area (Å²) in [7, 11) is 1.39. The molecule has 1 aromatic rings. The van der Waals surface area contributed by atoms with E-state index >= 15 is 0 Å². The van der Waals surface area contributed by atoms with Crippen molar-refractivity contribution in [2.45, 2.75) is 19.9 Å². The number of likely N-dealkylation sites (N-methyl/N-ethyl adjacent to an activating group) is 1. The van der Waals surface area contributed by atoms with Crippen LogP contribution in [-0.2, 0) is 9.59 Å². The van der Waals surface area contributed by atoms with Gasteiger partial charge in [-0.1, -0.05) is 17.7 Å². The molecule has 0 saturated heterocycles. The average Bonchev–Trinajstić information content (AvgIpc) is 2.43. The molecule has 2 N–H and O–H groups in total. The highest BCUT2D eigenvalue weighted by molar-refractivity contribution is 5.96. The Hall–Kier alpha value is -2.37. The number of nitrogens with one attached hydrogen (secondary N) is 1. The fourth-order valence-electron chi connectivity index (χ4n) is 1.47. The Kier molecular flexibility index (Phi) is 5.25. The van der Waals surface area contributed by atoms with Gasteiger partial charge < -0.3 is 15.3 Å². The highest BCUT2D eigenvalue weighted by Crippen LogP contribution is 2.03. The number of carbonyl (C=O) groups is 3. The van der Waals surface area contributed by atoms with Gasteiger partial charge in [0.15, 0.2) is 0 Å². The van der Waals surface area contributed by atoms with E-state index in [2.05, 4.69) is 5.32 Å². The van der Waals surface area contributed by atoms with Crippen LogP contribution < -0.4 is 5.32 Å². The van der Waals surface area contributed by atoms with Crippen molar-refractivity contribution in [3.05, 3.63) is 35.4 Å². The molecule has 1 aromatic carbocycles. The van der Waals surface area contributed by atoms with Crippen molar-refractivity contribution in [2.24, 2.45) is 0 Å². The van der Waals surface area contributed by atoms with Crippen LogP contribution in [0.5, 0.6) is 0 Å². The van der Waals surface area contributed by atoms with Crippen LogP contribution >= 0.6 is 0 Å². The monoisotopic (exact) mass is 278 g/mol. The Labute approximate surface area is 117 Å². The van der Waals surface area contributed by atoms with E-state index in [9.17, 15) is 14.4 Å². The quantitative estimate of drug-likeness (QED) is 0.828. The summed E-state index contributed by atoms with van der Waals surface area (Å²) in [6.07, 6.45) is 0. The van der Waals surface area contributed by atoms with Crippen LogP contribution in [0.1, 0.15) is 22.8 Å². The van der Waals surface area contributed by atoms with Crippen molar-refractivity contribution < 1.29 is 19.5 Å². The second-order valence-corrected chi connectivity index (χ2v) is 4.57. The second kappa shape index (κ2) is 6.70. The maximum atomic E-state index is 11.8. The van der Waals surface area contributed by atoms with Crippen molar-refractivity contribution in [1.29, 1.82) is 0 Å². The standard InChI is InChI=1S/C14H18N2O4/c1-9-4-6-11(7-5-9)13(18)15-8-12(17)16(3)10(2)14(19)20/h4-7,10H,8H2,1-3H3,(H,15,18)(H,19,20). The predicted molar refractivity (Wildman–Crippen MR) is 73.4 cm³/mol. The Balaban J connectivity index is 2.54. The molecule has 2 amide bonds. The van der Waals surface area contributed by atoms with E-state index in [1.165, 1.54) is 14.0 Å². The number of hydrogen-bond donors (Lipinski definition) is 2. The molecule has 0 saturated carbocycles. The van der Waals surface area contributed by atoms with E-state index in [0.717, 1.165) is 10.5 Å². The Morgan fingerprint density at radius 1 is 1.25 bits per heavy atom.